The highest BCUT2D eigenvalue weighted by Gasteiger charge is 2.23. The second-order valence-electron chi connectivity index (χ2n) is 6.94. The SMILES string of the molecule is Cc1cc([C@@H](CN2CCC2)Nc2ncnc3c(C(=O)O)ccnc23)ccc1Cl. The number of carboxylic acid groups (broad SMARTS) is 1. The number of nitrogens with one attached hydrogen (secondary N) is 1. The Morgan fingerprint density at radius 2 is 2.07 bits per heavy atom. The molecule has 1 aromatic carbocycles. The lowest BCUT2D eigenvalue weighted by Crippen LogP contribution is -2.41. The van der Waals surface area contributed by atoms with Crippen LogP contribution in [-0.4, -0.2) is 50.6 Å². The number of aromatic carboxylic acids is 1. The van der Waals surface area contributed by atoms with Gasteiger partial charge in [-0.2, -0.15) is 0 Å². The monoisotopic (exact) mass is 397 g/mol. The van der Waals surface area contributed by atoms with Crippen LogP contribution in [0.5, 0.6) is 0 Å². The first kappa shape index (κ1) is 18.6. The number of likely N-dealkylation sites (tertiary alicyclic amines) is 1. The molecule has 0 spiro atoms. The molecule has 2 N–H and O–H groups in total. The predicted octanol–water partition coefficient (Wildman–Crippen LogP) is 3.54. The van der Waals surface area contributed by atoms with Gasteiger partial charge in [-0.15, -0.1) is 0 Å². The Bertz CT molecular complexity index is 1040. The van der Waals surface area contributed by atoms with Crippen molar-refractivity contribution in [2.45, 2.75) is 19.4 Å². The highest BCUT2D eigenvalue weighted by molar-refractivity contribution is 6.31. The average Bonchev–Trinajstić information content (AvgIpc) is 2.65. The third-order valence-corrected chi connectivity index (χ3v) is 5.46. The molecule has 3 aromatic rings. The van der Waals surface area contributed by atoms with Crippen molar-refractivity contribution in [2.24, 2.45) is 0 Å². The number of fused-ring (bicyclic) bond motifs is 1. The molecule has 7 nitrogen and oxygen atoms in total. The molecule has 3 heterocycles. The van der Waals surface area contributed by atoms with Crippen LogP contribution in [0.4, 0.5) is 5.82 Å². The summed E-state index contributed by atoms with van der Waals surface area (Å²) in [4.78, 5) is 26.7. The molecule has 1 saturated heterocycles. The van der Waals surface area contributed by atoms with Crippen molar-refractivity contribution in [3.05, 3.63) is 58.5 Å². The number of rotatable bonds is 6. The largest absolute Gasteiger partial charge is 0.478 e. The number of carbonyl (C=O) groups is 1. The number of halogens is 1. The number of nitrogens with zero attached hydrogens (tertiary/aromatic N) is 4. The fraction of sp³-hybridized carbons (Fsp3) is 0.300. The number of aryl methyl sites for hydroxylation is 1. The van der Waals surface area contributed by atoms with Crippen LogP contribution >= 0.6 is 11.6 Å². The highest BCUT2D eigenvalue weighted by atomic mass is 35.5. The van der Waals surface area contributed by atoms with Gasteiger partial charge in [-0.05, 0) is 49.7 Å². The molecule has 0 saturated carbocycles. The van der Waals surface area contributed by atoms with E-state index >= 15 is 0 Å². The number of hydrogen-bond acceptors (Lipinski definition) is 6. The molecule has 0 radical (unpaired) electrons. The molecule has 0 bridgehead atoms. The van der Waals surface area contributed by atoms with Crippen LogP contribution in [0, 0.1) is 6.92 Å². The molecule has 1 aliphatic heterocycles. The maximum atomic E-state index is 11.5. The summed E-state index contributed by atoms with van der Waals surface area (Å²) in [5.74, 6) is -0.520. The van der Waals surface area contributed by atoms with Gasteiger partial charge in [0, 0.05) is 17.8 Å². The van der Waals surface area contributed by atoms with Gasteiger partial charge in [0.05, 0.1) is 11.6 Å². The maximum absolute atomic E-state index is 11.5. The number of pyridine rings is 1. The van der Waals surface area contributed by atoms with E-state index in [0.717, 1.165) is 35.8 Å². The minimum absolute atomic E-state index is 0.0374. The van der Waals surface area contributed by atoms with Crippen LogP contribution in [-0.2, 0) is 0 Å². The van der Waals surface area contributed by atoms with Gasteiger partial charge in [0.25, 0.3) is 0 Å². The zero-order valence-electron chi connectivity index (χ0n) is 15.4. The summed E-state index contributed by atoms with van der Waals surface area (Å²) in [7, 11) is 0. The molecule has 0 amide bonds. The van der Waals surface area contributed by atoms with Crippen molar-refractivity contribution in [1.29, 1.82) is 0 Å². The Labute approximate surface area is 167 Å². The van der Waals surface area contributed by atoms with E-state index in [4.69, 9.17) is 11.6 Å². The Balaban J connectivity index is 1.73. The number of carboxylic acids is 1. The lowest BCUT2D eigenvalue weighted by molar-refractivity contribution is 0.0698. The Morgan fingerprint density at radius 1 is 1.25 bits per heavy atom. The fourth-order valence-corrected chi connectivity index (χ4v) is 3.47. The molecule has 1 atom stereocenters. The Hall–Kier alpha value is -2.77. The van der Waals surface area contributed by atoms with E-state index in [2.05, 4.69) is 31.2 Å². The van der Waals surface area contributed by atoms with Crippen molar-refractivity contribution < 1.29 is 9.90 Å². The van der Waals surface area contributed by atoms with Gasteiger partial charge < -0.3 is 15.3 Å². The molecule has 1 aliphatic rings. The zero-order chi connectivity index (χ0) is 19.7. The van der Waals surface area contributed by atoms with E-state index in [9.17, 15) is 9.90 Å². The van der Waals surface area contributed by atoms with Gasteiger partial charge in [0.1, 0.15) is 17.4 Å². The number of hydrogen-bond donors (Lipinski definition) is 2. The van der Waals surface area contributed by atoms with Gasteiger partial charge in [0.2, 0.25) is 0 Å². The summed E-state index contributed by atoms with van der Waals surface area (Å²) in [6.07, 6.45) is 4.04. The van der Waals surface area contributed by atoms with E-state index in [1.165, 1.54) is 25.0 Å². The lowest BCUT2D eigenvalue weighted by atomic mass is 10.0. The first-order valence-corrected chi connectivity index (χ1v) is 9.48. The number of benzene rings is 1. The molecule has 2 aromatic heterocycles. The normalized spacial score (nSPS) is 15.2. The van der Waals surface area contributed by atoms with E-state index in [-0.39, 0.29) is 11.6 Å². The number of anilines is 1. The third kappa shape index (κ3) is 3.63. The molecule has 4 rings (SSSR count). The molecule has 144 valence electrons. The summed E-state index contributed by atoms with van der Waals surface area (Å²) >= 11 is 6.20. The third-order valence-electron chi connectivity index (χ3n) is 5.04. The van der Waals surface area contributed by atoms with Crippen molar-refractivity contribution in [1.82, 2.24) is 19.9 Å². The molecule has 0 aliphatic carbocycles. The van der Waals surface area contributed by atoms with E-state index in [1.807, 2.05) is 19.1 Å². The van der Waals surface area contributed by atoms with Crippen LogP contribution in [0.3, 0.4) is 0 Å². The van der Waals surface area contributed by atoms with Gasteiger partial charge >= 0.3 is 5.97 Å². The highest BCUT2D eigenvalue weighted by Crippen LogP contribution is 2.28. The van der Waals surface area contributed by atoms with Gasteiger partial charge in [-0.1, -0.05) is 23.7 Å². The van der Waals surface area contributed by atoms with Crippen molar-refractivity contribution in [2.75, 3.05) is 25.0 Å². The van der Waals surface area contributed by atoms with Gasteiger partial charge in [-0.3, -0.25) is 4.98 Å². The minimum Gasteiger partial charge on any atom is -0.478 e. The Morgan fingerprint density at radius 3 is 2.75 bits per heavy atom. The predicted molar refractivity (Wildman–Crippen MR) is 108 cm³/mol. The van der Waals surface area contributed by atoms with Crippen LogP contribution in [0.2, 0.25) is 5.02 Å². The maximum Gasteiger partial charge on any atom is 0.338 e. The molecule has 0 unspecified atom stereocenters. The summed E-state index contributed by atoms with van der Waals surface area (Å²) in [6, 6.07) is 7.38. The van der Waals surface area contributed by atoms with Crippen LogP contribution in [0.1, 0.15) is 33.9 Å². The second-order valence-corrected chi connectivity index (χ2v) is 7.35. The van der Waals surface area contributed by atoms with E-state index in [1.54, 1.807) is 0 Å². The van der Waals surface area contributed by atoms with Crippen molar-refractivity contribution in [3.8, 4) is 0 Å². The van der Waals surface area contributed by atoms with Crippen LogP contribution in [0.15, 0.2) is 36.8 Å². The first-order chi connectivity index (χ1) is 13.5. The quantitative estimate of drug-likeness (QED) is 0.657. The zero-order valence-corrected chi connectivity index (χ0v) is 16.1. The second kappa shape index (κ2) is 7.69. The van der Waals surface area contributed by atoms with E-state index < -0.39 is 5.97 Å². The fourth-order valence-electron chi connectivity index (χ4n) is 3.35. The topological polar surface area (TPSA) is 91.2 Å². The molecular formula is C20H20ClN5O2. The summed E-state index contributed by atoms with van der Waals surface area (Å²) in [5.41, 5.74) is 2.98. The standard InChI is InChI=1S/C20H20ClN5O2/c1-12-9-13(3-4-15(12)21)16(10-26-7-2-8-26)25-19-18-17(23-11-24-19)14(20(27)28)5-6-22-18/h3-6,9,11,16H,2,7-8,10H2,1H3,(H,27,28)(H,23,24,25)/t16-/m1/s1. The van der Waals surface area contributed by atoms with E-state index in [0.29, 0.717) is 16.9 Å². The molecule has 1 fully saturated rings. The Kier molecular flexibility index (Phi) is 5.11. The van der Waals surface area contributed by atoms with Gasteiger partial charge in [-0.25, -0.2) is 14.8 Å². The average molecular weight is 398 g/mol. The lowest BCUT2D eigenvalue weighted by Gasteiger charge is -2.35. The van der Waals surface area contributed by atoms with Crippen LogP contribution in [0.25, 0.3) is 11.0 Å². The minimum atomic E-state index is -1.04. The molecule has 28 heavy (non-hydrogen) atoms. The smallest absolute Gasteiger partial charge is 0.338 e. The first-order valence-electron chi connectivity index (χ1n) is 9.11. The summed E-state index contributed by atoms with van der Waals surface area (Å²) in [5, 5.41) is 13.6. The number of aromatic nitrogens is 3. The molecule has 8 heteroatoms. The summed E-state index contributed by atoms with van der Waals surface area (Å²) in [6.45, 7) is 4.92. The van der Waals surface area contributed by atoms with Crippen LogP contribution < -0.4 is 5.32 Å². The van der Waals surface area contributed by atoms with Crippen molar-refractivity contribution in [3.63, 3.8) is 0 Å². The van der Waals surface area contributed by atoms with Gasteiger partial charge in [0.15, 0.2) is 5.82 Å². The van der Waals surface area contributed by atoms with Crippen molar-refractivity contribution >= 4 is 34.4 Å². The summed E-state index contributed by atoms with van der Waals surface area (Å²) < 4.78 is 0. The molecular weight excluding hydrogens is 378 g/mol.